The summed E-state index contributed by atoms with van der Waals surface area (Å²) in [5, 5.41) is 10.9. The van der Waals surface area contributed by atoms with Crippen LogP contribution in [0.2, 0.25) is 0 Å². The summed E-state index contributed by atoms with van der Waals surface area (Å²) >= 11 is 0. The van der Waals surface area contributed by atoms with Crippen LogP contribution in [0.5, 0.6) is 0 Å². The first-order valence-corrected chi connectivity index (χ1v) is 3.81. The Labute approximate surface area is 65.1 Å². The maximum Gasteiger partial charge on any atom is 0.220 e. The van der Waals surface area contributed by atoms with Crippen LogP contribution in [0.1, 0.15) is 26.7 Å². The number of hydrogen-bond donors (Lipinski definition) is 1. The molecule has 2 heterocycles. The highest BCUT2D eigenvalue weighted by Crippen LogP contribution is 2.44. The molecule has 4 nitrogen and oxygen atoms in total. The van der Waals surface area contributed by atoms with Gasteiger partial charge in [-0.25, -0.2) is 0 Å². The van der Waals surface area contributed by atoms with Gasteiger partial charge in [0.25, 0.3) is 0 Å². The summed E-state index contributed by atoms with van der Waals surface area (Å²) < 4.78 is 0. The maximum atomic E-state index is 11.0. The normalized spacial score (nSPS) is 30.2. The van der Waals surface area contributed by atoms with Crippen LogP contribution in [0.3, 0.4) is 0 Å². The third kappa shape index (κ3) is 0.783. The molecule has 0 aromatic carbocycles. The molecule has 2 aliphatic rings. The SMILES string of the molecule is CC1(C)NC(=O)CCC12N=N2. The largest absolute Gasteiger partial charge is 0.347 e. The molecule has 0 saturated carbocycles. The molecule has 0 radical (unpaired) electrons. The van der Waals surface area contributed by atoms with Crippen molar-refractivity contribution in [3.05, 3.63) is 0 Å². The van der Waals surface area contributed by atoms with E-state index in [0.29, 0.717) is 6.42 Å². The third-order valence-electron chi connectivity index (χ3n) is 2.49. The van der Waals surface area contributed by atoms with E-state index in [2.05, 4.69) is 15.5 Å². The number of rotatable bonds is 0. The minimum absolute atomic E-state index is 0.109. The fourth-order valence-corrected chi connectivity index (χ4v) is 1.52. The van der Waals surface area contributed by atoms with Crippen molar-refractivity contribution >= 4 is 5.91 Å². The van der Waals surface area contributed by atoms with Crippen molar-refractivity contribution < 1.29 is 4.79 Å². The summed E-state index contributed by atoms with van der Waals surface area (Å²) in [5.74, 6) is 0.109. The van der Waals surface area contributed by atoms with Gasteiger partial charge in [0.1, 0.15) is 0 Å². The van der Waals surface area contributed by atoms with Gasteiger partial charge in [-0.3, -0.25) is 4.79 Å². The van der Waals surface area contributed by atoms with E-state index in [1.807, 2.05) is 13.8 Å². The van der Waals surface area contributed by atoms with Crippen LogP contribution in [-0.2, 0) is 4.79 Å². The Morgan fingerprint density at radius 1 is 1.45 bits per heavy atom. The molecule has 0 aromatic heterocycles. The Morgan fingerprint density at radius 3 is 2.55 bits per heavy atom. The van der Waals surface area contributed by atoms with Gasteiger partial charge in [-0.1, -0.05) is 0 Å². The Kier molecular flexibility index (Phi) is 0.998. The van der Waals surface area contributed by atoms with E-state index >= 15 is 0 Å². The van der Waals surface area contributed by atoms with E-state index in [9.17, 15) is 4.79 Å². The number of piperidine rings is 1. The summed E-state index contributed by atoms with van der Waals surface area (Å²) in [7, 11) is 0. The summed E-state index contributed by atoms with van der Waals surface area (Å²) in [6, 6.07) is 0. The molecule has 0 aliphatic carbocycles. The Balaban J connectivity index is 2.20. The van der Waals surface area contributed by atoms with Crippen LogP contribution in [0.4, 0.5) is 0 Å². The standard InChI is InChI=1S/C7H11N3O/c1-6(2)7(9-10-7)4-3-5(11)8-6/h3-4H2,1-2H3,(H,8,11). The number of nitrogens with one attached hydrogen (secondary N) is 1. The van der Waals surface area contributed by atoms with Crippen LogP contribution >= 0.6 is 0 Å². The van der Waals surface area contributed by atoms with Gasteiger partial charge in [-0.2, -0.15) is 10.2 Å². The zero-order valence-corrected chi connectivity index (χ0v) is 6.72. The molecule has 0 unspecified atom stereocenters. The molecular formula is C7H11N3O. The topological polar surface area (TPSA) is 53.8 Å². The lowest BCUT2D eigenvalue weighted by atomic mass is 9.83. The Bertz CT molecular complexity index is 238. The zero-order valence-electron chi connectivity index (χ0n) is 6.72. The average molecular weight is 153 g/mol. The smallest absolute Gasteiger partial charge is 0.220 e. The third-order valence-corrected chi connectivity index (χ3v) is 2.49. The summed E-state index contributed by atoms with van der Waals surface area (Å²) in [4.78, 5) is 11.0. The van der Waals surface area contributed by atoms with E-state index in [1.165, 1.54) is 0 Å². The van der Waals surface area contributed by atoms with Gasteiger partial charge in [0, 0.05) is 12.8 Å². The van der Waals surface area contributed by atoms with E-state index in [4.69, 9.17) is 0 Å². The summed E-state index contributed by atoms with van der Waals surface area (Å²) in [6.45, 7) is 3.92. The molecule has 1 spiro atoms. The number of carbonyl (C=O) groups excluding carboxylic acids is 1. The number of carbonyl (C=O) groups is 1. The van der Waals surface area contributed by atoms with Crippen molar-refractivity contribution in [1.29, 1.82) is 0 Å². The van der Waals surface area contributed by atoms with Crippen molar-refractivity contribution in [3.63, 3.8) is 0 Å². The van der Waals surface area contributed by atoms with Gasteiger partial charge in [0.05, 0.1) is 5.54 Å². The van der Waals surface area contributed by atoms with Gasteiger partial charge >= 0.3 is 0 Å². The molecule has 2 rings (SSSR count). The lowest BCUT2D eigenvalue weighted by molar-refractivity contribution is -0.125. The minimum Gasteiger partial charge on any atom is -0.347 e. The fraction of sp³-hybridized carbons (Fsp3) is 0.857. The maximum absolute atomic E-state index is 11.0. The van der Waals surface area contributed by atoms with E-state index in [1.54, 1.807) is 0 Å². The van der Waals surface area contributed by atoms with E-state index in [0.717, 1.165) is 6.42 Å². The summed E-state index contributed by atoms with van der Waals surface area (Å²) in [5.41, 5.74) is -0.552. The molecule has 4 heteroatoms. The van der Waals surface area contributed by atoms with Crippen molar-refractivity contribution in [1.82, 2.24) is 5.32 Å². The minimum atomic E-state index is -0.277. The molecule has 1 saturated heterocycles. The van der Waals surface area contributed by atoms with Gasteiger partial charge in [0.15, 0.2) is 0 Å². The number of amides is 1. The van der Waals surface area contributed by atoms with Crippen LogP contribution in [0.15, 0.2) is 10.2 Å². The highest BCUT2D eigenvalue weighted by Gasteiger charge is 2.56. The molecule has 0 bridgehead atoms. The van der Waals surface area contributed by atoms with Crippen LogP contribution in [0, 0.1) is 0 Å². The first-order valence-electron chi connectivity index (χ1n) is 3.81. The van der Waals surface area contributed by atoms with Crippen molar-refractivity contribution in [2.45, 2.75) is 37.9 Å². The van der Waals surface area contributed by atoms with Gasteiger partial charge < -0.3 is 5.32 Å². The highest BCUT2D eigenvalue weighted by atomic mass is 16.1. The summed E-state index contributed by atoms with van der Waals surface area (Å²) in [6.07, 6.45) is 1.32. The van der Waals surface area contributed by atoms with Crippen molar-refractivity contribution in [2.75, 3.05) is 0 Å². The van der Waals surface area contributed by atoms with Crippen molar-refractivity contribution in [2.24, 2.45) is 10.2 Å². The van der Waals surface area contributed by atoms with E-state index < -0.39 is 0 Å². The molecule has 0 aromatic rings. The molecule has 1 N–H and O–H groups in total. The molecule has 1 fully saturated rings. The average Bonchev–Trinajstić information content (AvgIpc) is 2.60. The molecule has 1 amide bonds. The van der Waals surface area contributed by atoms with E-state index in [-0.39, 0.29) is 17.1 Å². The van der Waals surface area contributed by atoms with Gasteiger partial charge in [0.2, 0.25) is 11.6 Å². The molecular weight excluding hydrogens is 142 g/mol. The van der Waals surface area contributed by atoms with Crippen LogP contribution < -0.4 is 5.32 Å². The molecule has 0 atom stereocenters. The fourth-order valence-electron chi connectivity index (χ4n) is 1.52. The monoisotopic (exact) mass is 153 g/mol. The molecule has 2 aliphatic heterocycles. The predicted octanol–water partition coefficient (Wildman–Crippen LogP) is 0.837. The second-order valence-corrected chi connectivity index (χ2v) is 3.69. The number of hydrogen-bond acceptors (Lipinski definition) is 3. The first kappa shape index (κ1) is 6.76. The predicted molar refractivity (Wildman–Crippen MR) is 39.0 cm³/mol. The zero-order chi connectivity index (χ0) is 8.11. The second kappa shape index (κ2) is 1.62. The first-order chi connectivity index (χ1) is 5.06. The number of nitrogens with zero attached hydrogens (tertiary/aromatic N) is 2. The quantitative estimate of drug-likeness (QED) is 0.550. The van der Waals surface area contributed by atoms with Gasteiger partial charge in [-0.05, 0) is 13.8 Å². The second-order valence-electron chi connectivity index (χ2n) is 3.69. The molecule has 60 valence electrons. The van der Waals surface area contributed by atoms with Crippen molar-refractivity contribution in [3.8, 4) is 0 Å². The lowest BCUT2D eigenvalue weighted by Gasteiger charge is -2.35. The highest BCUT2D eigenvalue weighted by molar-refractivity contribution is 5.78. The van der Waals surface area contributed by atoms with Crippen LogP contribution in [-0.4, -0.2) is 17.1 Å². The Morgan fingerprint density at radius 2 is 2.09 bits per heavy atom. The molecule has 11 heavy (non-hydrogen) atoms. The Hall–Kier alpha value is -0.930. The van der Waals surface area contributed by atoms with Crippen LogP contribution in [0.25, 0.3) is 0 Å². The lowest BCUT2D eigenvalue weighted by Crippen LogP contribution is -2.58. The van der Waals surface area contributed by atoms with Gasteiger partial charge in [-0.15, -0.1) is 0 Å².